The van der Waals surface area contributed by atoms with Crippen molar-refractivity contribution in [1.29, 1.82) is 0 Å². The molecule has 0 spiro atoms. The zero-order chi connectivity index (χ0) is 12.8. The summed E-state index contributed by atoms with van der Waals surface area (Å²) in [5.41, 5.74) is 0. The van der Waals surface area contributed by atoms with Crippen LogP contribution in [0.4, 0.5) is 0 Å². The molecule has 0 aliphatic heterocycles. The summed E-state index contributed by atoms with van der Waals surface area (Å²) in [6.45, 7) is 2.17. The quantitative estimate of drug-likeness (QED) is 0.470. The summed E-state index contributed by atoms with van der Waals surface area (Å²) in [5.74, 6) is -2.17. The predicted molar refractivity (Wildman–Crippen MR) is 45.2 cm³/mol. The molecular weight excluding hydrogens is 248 g/mol. The molecule has 0 aromatic rings. The van der Waals surface area contributed by atoms with E-state index in [0.717, 1.165) is 6.92 Å². The topological polar surface area (TPSA) is 125 Å². The van der Waals surface area contributed by atoms with Gasteiger partial charge in [-0.05, 0) is 15.6 Å². The van der Waals surface area contributed by atoms with Crippen LogP contribution in [0, 0.1) is 0 Å². The summed E-state index contributed by atoms with van der Waals surface area (Å²) in [6.07, 6.45) is -1.49. The number of rotatable bonds is 6. The lowest BCUT2D eigenvalue weighted by molar-refractivity contribution is -0.244. The van der Waals surface area contributed by atoms with Gasteiger partial charge in [0.1, 0.15) is 0 Å². The minimum Gasteiger partial charge on any atom is -0.393 e. The maximum Gasteiger partial charge on any atom is 0.471 e. The molecule has 0 amide bonds. The molecule has 0 saturated heterocycles. The van der Waals surface area contributed by atoms with Crippen LogP contribution in [0.25, 0.3) is 0 Å². The number of hydrogen-bond acceptors (Lipinski definition) is 9. The molecule has 94 valence electrons. The number of carbonyl (C=O) groups excluding carboxylic acids is 2. The van der Waals surface area contributed by atoms with Crippen molar-refractivity contribution in [2.45, 2.75) is 26.4 Å². The highest BCUT2D eigenvalue weighted by Crippen LogP contribution is 2.01. The van der Waals surface area contributed by atoms with Gasteiger partial charge in [-0.3, -0.25) is 9.78 Å². The summed E-state index contributed by atoms with van der Waals surface area (Å²) in [7, 11) is -4.78. The van der Waals surface area contributed by atoms with E-state index >= 15 is 0 Å². The molecule has 0 aliphatic carbocycles. The molecular formula is C6H10O9S. The normalized spacial score (nSPS) is 12.9. The van der Waals surface area contributed by atoms with E-state index in [2.05, 4.69) is 18.4 Å². The van der Waals surface area contributed by atoms with E-state index < -0.39 is 34.9 Å². The molecule has 0 saturated carbocycles. The van der Waals surface area contributed by atoms with Crippen LogP contribution in [0.15, 0.2) is 0 Å². The number of hydrogen-bond donors (Lipinski definition) is 1. The van der Waals surface area contributed by atoms with Gasteiger partial charge in [-0.2, -0.15) is 8.42 Å². The average Bonchev–Trinajstić information content (AvgIpc) is 2.11. The molecule has 0 aromatic carbocycles. The molecule has 10 heteroatoms. The highest BCUT2D eigenvalue weighted by molar-refractivity contribution is 7.81. The minimum atomic E-state index is -4.78. The van der Waals surface area contributed by atoms with Gasteiger partial charge >= 0.3 is 22.3 Å². The first-order valence-electron chi connectivity index (χ1n) is 3.91. The average molecular weight is 258 g/mol. The Kier molecular flexibility index (Phi) is 5.88. The Morgan fingerprint density at radius 3 is 2.19 bits per heavy atom. The lowest BCUT2D eigenvalue weighted by Crippen LogP contribution is -2.18. The zero-order valence-corrected chi connectivity index (χ0v) is 9.22. The number of carbonyl (C=O) groups is 2. The summed E-state index contributed by atoms with van der Waals surface area (Å²) < 4.78 is 28.4. The van der Waals surface area contributed by atoms with Gasteiger partial charge in [-0.25, -0.2) is 9.59 Å². The summed E-state index contributed by atoms with van der Waals surface area (Å²) in [4.78, 5) is 28.2. The molecule has 0 bridgehead atoms. The van der Waals surface area contributed by atoms with Crippen molar-refractivity contribution in [2.24, 2.45) is 0 Å². The first-order valence-corrected chi connectivity index (χ1v) is 5.25. The predicted octanol–water partition coefficient (Wildman–Crippen LogP) is -1.03. The van der Waals surface area contributed by atoms with Crippen LogP contribution in [0.2, 0.25) is 0 Å². The van der Waals surface area contributed by atoms with Gasteiger partial charge in [0.25, 0.3) is 0 Å². The molecule has 1 N–H and O–H groups in total. The van der Waals surface area contributed by atoms with Crippen molar-refractivity contribution in [3.05, 3.63) is 0 Å². The molecule has 1 unspecified atom stereocenters. The third-order valence-corrected chi connectivity index (χ3v) is 1.38. The van der Waals surface area contributed by atoms with Crippen LogP contribution in [0.1, 0.15) is 20.3 Å². The summed E-state index contributed by atoms with van der Waals surface area (Å²) in [6, 6.07) is 0. The molecule has 9 nitrogen and oxygen atoms in total. The second-order valence-electron chi connectivity index (χ2n) is 2.63. The molecule has 0 rings (SSSR count). The summed E-state index contributed by atoms with van der Waals surface area (Å²) in [5, 5.41) is 8.72. The first kappa shape index (κ1) is 14.8. The Morgan fingerprint density at radius 2 is 1.75 bits per heavy atom. The number of aliphatic hydroxyl groups excluding tert-OH is 1. The Bertz CT molecular complexity index is 343. The van der Waals surface area contributed by atoms with Crippen LogP contribution >= 0.6 is 0 Å². The molecule has 16 heavy (non-hydrogen) atoms. The fraction of sp³-hybridized carbons (Fsp3) is 0.667. The van der Waals surface area contributed by atoms with Gasteiger partial charge in [-0.15, -0.1) is 0 Å². The van der Waals surface area contributed by atoms with Crippen molar-refractivity contribution in [2.75, 3.05) is 0 Å². The highest BCUT2D eigenvalue weighted by atomic mass is 32.3. The maximum absolute atomic E-state index is 10.7. The second-order valence-corrected chi connectivity index (χ2v) is 3.72. The fourth-order valence-electron chi connectivity index (χ4n) is 0.456. The van der Waals surface area contributed by atoms with Gasteiger partial charge in [0.15, 0.2) is 0 Å². The van der Waals surface area contributed by atoms with Crippen LogP contribution in [0.5, 0.6) is 0 Å². The Labute approximate surface area is 91.0 Å². The smallest absolute Gasteiger partial charge is 0.393 e. The standard InChI is InChI=1S/C6H10O9S/c1-4(7)3-6(9)13-15-16(10,11)14-12-5(2)8/h4,7H,3H2,1-2H3. The largest absolute Gasteiger partial charge is 0.471 e. The summed E-state index contributed by atoms with van der Waals surface area (Å²) >= 11 is 0. The van der Waals surface area contributed by atoms with E-state index in [4.69, 9.17) is 5.11 Å². The van der Waals surface area contributed by atoms with E-state index in [9.17, 15) is 18.0 Å². The van der Waals surface area contributed by atoms with Crippen LogP contribution in [-0.2, 0) is 38.4 Å². The molecule has 0 fully saturated rings. The first-order chi connectivity index (χ1) is 7.23. The van der Waals surface area contributed by atoms with E-state index in [0.29, 0.717) is 0 Å². The Balaban J connectivity index is 3.99. The fourth-order valence-corrected chi connectivity index (χ4v) is 0.817. The lowest BCUT2D eigenvalue weighted by Gasteiger charge is -2.03. The van der Waals surface area contributed by atoms with E-state index in [1.165, 1.54) is 6.92 Å². The SMILES string of the molecule is CC(=O)OOS(=O)(=O)OOC(=O)CC(C)O. The van der Waals surface area contributed by atoms with Gasteiger partial charge in [0.2, 0.25) is 0 Å². The third kappa shape index (κ3) is 8.11. The van der Waals surface area contributed by atoms with Crippen molar-refractivity contribution in [1.82, 2.24) is 0 Å². The van der Waals surface area contributed by atoms with E-state index in [1.54, 1.807) is 0 Å². The van der Waals surface area contributed by atoms with Crippen molar-refractivity contribution in [3.8, 4) is 0 Å². The molecule has 0 aliphatic rings. The van der Waals surface area contributed by atoms with Gasteiger partial charge in [-0.1, -0.05) is 0 Å². The zero-order valence-electron chi connectivity index (χ0n) is 8.41. The molecule has 0 heterocycles. The highest BCUT2D eigenvalue weighted by Gasteiger charge is 2.20. The van der Waals surface area contributed by atoms with E-state index in [-0.39, 0.29) is 0 Å². The van der Waals surface area contributed by atoms with Crippen molar-refractivity contribution >= 4 is 22.3 Å². The number of aliphatic hydroxyl groups is 1. The van der Waals surface area contributed by atoms with E-state index in [1.807, 2.05) is 0 Å². The monoisotopic (exact) mass is 258 g/mol. The second kappa shape index (κ2) is 6.37. The van der Waals surface area contributed by atoms with Gasteiger partial charge in [0.05, 0.1) is 12.5 Å². The van der Waals surface area contributed by atoms with Gasteiger partial charge in [0, 0.05) is 6.92 Å². The molecule has 0 radical (unpaired) electrons. The third-order valence-electron chi connectivity index (χ3n) is 0.907. The van der Waals surface area contributed by atoms with Crippen LogP contribution in [-0.4, -0.2) is 31.6 Å². The lowest BCUT2D eigenvalue weighted by atomic mass is 10.3. The van der Waals surface area contributed by atoms with Crippen LogP contribution < -0.4 is 0 Å². The molecule has 1 atom stereocenters. The minimum absolute atomic E-state index is 0.469. The van der Waals surface area contributed by atoms with Crippen molar-refractivity contribution < 1.29 is 41.6 Å². The molecule has 0 aromatic heterocycles. The Morgan fingerprint density at radius 1 is 1.25 bits per heavy atom. The Hall–Kier alpha value is -1.23. The van der Waals surface area contributed by atoms with Gasteiger partial charge < -0.3 is 5.11 Å². The van der Waals surface area contributed by atoms with Crippen LogP contribution in [0.3, 0.4) is 0 Å². The van der Waals surface area contributed by atoms with Crippen molar-refractivity contribution in [3.63, 3.8) is 0 Å². The maximum atomic E-state index is 10.7.